The summed E-state index contributed by atoms with van der Waals surface area (Å²) in [7, 11) is 0. The van der Waals surface area contributed by atoms with Gasteiger partial charge in [-0.05, 0) is 5.56 Å². The Morgan fingerprint density at radius 1 is 1.19 bits per heavy atom. The molecule has 1 aliphatic rings. The van der Waals surface area contributed by atoms with Crippen molar-refractivity contribution in [1.29, 1.82) is 0 Å². The molecule has 1 heterocycles. The van der Waals surface area contributed by atoms with Gasteiger partial charge in [0.15, 0.2) is 0 Å². The summed E-state index contributed by atoms with van der Waals surface area (Å²) in [6.45, 7) is 0.258. The van der Waals surface area contributed by atoms with Crippen molar-refractivity contribution in [2.45, 2.75) is 10.7 Å². The summed E-state index contributed by atoms with van der Waals surface area (Å²) in [4.78, 5) is 0. The molecular weight excluding hydrogens is 240 g/mol. The lowest BCUT2D eigenvalue weighted by Crippen LogP contribution is -2.24. The summed E-state index contributed by atoms with van der Waals surface area (Å²) in [5.41, 5.74) is 0.981. The van der Waals surface area contributed by atoms with Crippen molar-refractivity contribution in [2.24, 2.45) is 5.92 Å². The van der Waals surface area contributed by atoms with Crippen molar-refractivity contribution >= 4 is 23.5 Å². The minimum Gasteiger partial charge on any atom is -0.396 e. The highest BCUT2D eigenvalue weighted by Crippen LogP contribution is 2.40. The molecule has 88 valence electrons. The third-order valence-electron chi connectivity index (χ3n) is 2.65. The molecule has 1 aromatic carbocycles. The van der Waals surface area contributed by atoms with Gasteiger partial charge in [-0.25, -0.2) is 0 Å². The number of aliphatic hydroxyl groups excluding tert-OH is 2. The van der Waals surface area contributed by atoms with Crippen molar-refractivity contribution < 1.29 is 10.2 Å². The van der Waals surface area contributed by atoms with Gasteiger partial charge in [0, 0.05) is 24.0 Å². The Hall–Kier alpha value is -0.160. The Morgan fingerprint density at radius 2 is 1.81 bits per heavy atom. The number of aliphatic hydroxyl groups is 2. The van der Waals surface area contributed by atoms with E-state index in [0.717, 1.165) is 17.1 Å². The third-order valence-corrected chi connectivity index (χ3v) is 5.97. The Balaban J connectivity index is 1.94. The van der Waals surface area contributed by atoms with E-state index in [1.165, 1.54) is 0 Å². The highest BCUT2D eigenvalue weighted by atomic mass is 32.2. The summed E-state index contributed by atoms with van der Waals surface area (Å²) in [5.74, 6) is 2.27. The molecule has 0 aromatic heterocycles. The van der Waals surface area contributed by atoms with Crippen LogP contribution in [0.5, 0.6) is 0 Å². The number of thioether (sulfide) groups is 2. The Kier molecular flexibility index (Phi) is 4.58. The van der Waals surface area contributed by atoms with Crippen LogP contribution in [0.2, 0.25) is 0 Å². The normalized spacial score (nSPS) is 27.6. The molecule has 0 bridgehead atoms. The summed E-state index contributed by atoms with van der Waals surface area (Å²) < 4.78 is 0.199. The van der Waals surface area contributed by atoms with E-state index >= 15 is 0 Å². The predicted octanol–water partition coefficient (Wildman–Crippen LogP) is 2.13. The molecule has 0 unspecified atom stereocenters. The predicted molar refractivity (Wildman–Crippen MR) is 70.7 cm³/mol. The first-order valence-corrected chi connectivity index (χ1v) is 7.48. The van der Waals surface area contributed by atoms with Crippen LogP contribution in [0.3, 0.4) is 0 Å². The maximum absolute atomic E-state index is 10.2. The summed E-state index contributed by atoms with van der Waals surface area (Å²) in [6, 6.07) is 9.79. The first-order valence-electron chi connectivity index (χ1n) is 5.38. The van der Waals surface area contributed by atoms with Crippen molar-refractivity contribution in [2.75, 3.05) is 18.1 Å². The molecule has 1 fully saturated rings. The molecule has 0 aliphatic carbocycles. The van der Waals surface area contributed by atoms with Crippen LogP contribution in [-0.4, -0.2) is 32.9 Å². The van der Waals surface area contributed by atoms with Crippen LogP contribution in [0.15, 0.2) is 30.3 Å². The fourth-order valence-electron chi connectivity index (χ4n) is 1.65. The van der Waals surface area contributed by atoms with E-state index in [4.69, 9.17) is 5.11 Å². The molecule has 1 atom stereocenters. The second-order valence-electron chi connectivity index (χ2n) is 3.94. The minimum atomic E-state index is -0.407. The average molecular weight is 256 g/mol. The zero-order valence-electron chi connectivity index (χ0n) is 8.95. The van der Waals surface area contributed by atoms with Gasteiger partial charge >= 0.3 is 0 Å². The van der Waals surface area contributed by atoms with Gasteiger partial charge in [-0.1, -0.05) is 30.3 Å². The number of hydrogen-bond acceptors (Lipinski definition) is 4. The monoisotopic (exact) mass is 256 g/mol. The maximum Gasteiger partial charge on any atom is 0.1000 e. The van der Waals surface area contributed by atoms with Crippen molar-refractivity contribution in [3.63, 3.8) is 0 Å². The third kappa shape index (κ3) is 2.94. The van der Waals surface area contributed by atoms with Gasteiger partial charge in [0.25, 0.3) is 0 Å². The van der Waals surface area contributed by atoms with E-state index in [1.54, 1.807) is 23.5 Å². The smallest absolute Gasteiger partial charge is 0.1000 e. The van der Waals surface area contributed by atoms with Crippen LogP contribution in [0.1, 0.15) is 11.7 Å². The van der Waals surface area contributed by atoms with Gasteiger partial charge < -0.3 is 10.2 Å². The Morgan fingerprint density at radius 3 is 2.38 bits per heavy atom. The molecule has 1 aromatic rings. The number of hydrogen-bond donors (Lipinski definition) is 2. The van der Waals surface area contributed by atoms with Crippen molar-refractivity contribution in [1.82, 2.24) is 0 Å². The van der Waals surface area contributed by atoms with Crippen LogP contribution >= 0.6 is 23.5 Å². The van der Waals surface area contributed by atoms with E-state index in [-0.39, 0.29) is 11.2 Å². The molecule has 1 saturated heterocycles. The standard InChI is InChI=1S/C12H16O2S2/c13-6-9-7-15-12(16-8-9)11(14)10-4-2-1-3-5-10/h1-5,9,11-14H,6-8H2/t9?,11-,12?/m0/s1. The minimum absolute atomic E-state index is 0.199. The van der Waals surface area contributed by atoms with E-state index in [0.29, 0.717) is 5.92 Å². The van der Waals surface area contributed by atoms with Crippen molar-refractivity contribution in [3.8, 4) is 0 Å². The molecule has 2 nitrogen and oxygen atoms in total. The lowest BCUT2D eigenvalue weighted by molar-refractivity contribution is 0.194. The van der Waals surface area contributed by atoms with Crippen molar-refractivity contribution in [3.05, 3.63) is 35.9 Å². The Bertz CT molecular complexity index is 310. The molecular formula is C12H16O2S2. The van der Waals surface area contributed by atoms with Crippen LogP contribution in [0, 0.1) is 5.92 Å². The Labute approximate surface area is 104 Å². The van der Waals surface area contributed by atoms with E-state index in [1.807, 2.05) is 30.3 Å². The number of benzene rings is 1. The van der Waals surface area contributed by atoms with E-state index < -0.39 is 6.10 Å². The van der Waals surface area contributed by atoms with Gasteiger partial charge in [-0.2, -0.15) is 0 Å². The fourth-order valence-corrected chi connectivity index (χ4v) is 4.71. The maximum atomic E-state index is 10.2. The van der Waals surface area contributed by atoms with Gasteiger partial charge in [-0.15, -0.1) is 23.5 Å². The SMILES string of the molecule is OCC1CSC([C@@H](O)c2ccccc2)SC1. The molecule has 2 rings (SSSR count). The molecule has 0 amide bonds. The number of rotatable bonds is 3. The lowest BCUT2D eigenvalue weighted by Gasteiger charge is -2.29. The summed E-state index contributed by atoms with van der Waals surface area (Å²) >= 11 is 3.50. The molecule has 0 spiro atoms. The first-order chi connectivity index (χ1) is 7.81. The zero-order chi connectivity index (χ0) is 11.4. The molecule has 16 heavy (non-hydrogen) atoms. The summed E-state index contributed by atoms with van der Waals surface area (Å²) in [5, 5.41) is 19.2. The average Bonchev–Trinajstić information content (AvgIpc) is 2.39. The van der Waals surface area contributed by atoms with Gasteiger partial charge in [0.2, 0.25) is 0 Å². The van der Waals surface area contributed by atoms with E-state index in [9.17, 15) is 5.11 Å². The molecule has 0 saturated carbocycles. The summed E-state index contributed by atoms with van der Waals surface area (Å²) in [6.07, 6.45) is -0.407. The topological polar surface area (TPSA) is 40.5 Å². The fraction of sp³-hybridized carbons (Fsp3) is 0.500. The van der Waals surface area contributed by atoms with Gasteiger partial charge in [0.05, 0.1) is 10.7 Å². The molecule has 4 heteroatoms. The zero-order valence-corrected chi connectivity index (χ0v) is 10.6. The van der Waals surface area contributed by atoms with Crippen LogP contribution < -0.4 is 0 Å². The van der Waals surface area contributed by atoms with Crippen LogP contribution in [0.25, 0.3) is 0 Å². The second-order valence-corrected chi connectivity index (χ2v) is 6.59. The quantitative estimate of drug-likeness (QED) is 0.869. The van der Waals surface area contributed by atoms with Gasteiger partial charge in [-0.3, -0.25) is 0 Å². The molecule has 0 radical (unpaired) electrons. The highest BCUT2D eigenvalue weighted by molar-refractivity contribution is 8.17. The second kappa shape index (κ2) is 5.96. The lowest BCUT2D eigenvalue weighted by atomic mass is 10.1. The first kappa shape index (κ1) is 12.3. The largest absolute Gasteiger partial charge is 0.396 e. The molecule has 2 N–H and O–H groups in total. The highest BCUT2D eigenvalue weighted by Gasteiger charge is 2.27. The van der Waals surface area contributed by atoms with Crippen LogP contribution in [0.4, 0.5) is 0 Å². The van der Waals surface area contributed by atoms with Gasteiger partial charge in [0.1, 0.15) is 0 Å². The van der Waals surface area contributed by atoms with Crippen LogP contribution in [-0.2, 0) is 0 Å². The van der Waals surface area contributed by atoms with E-state index in [2.05, 4.69) is 0 Å². The molecule has 1 aliphatic heterocycles.